The molecule has 2 aromatic rings. The highest BCUT2D eigenvalue weighted by Gasteiger charge is 2.17. The normalized spacial score (nSPS) is 11.5. The van der Waals surface area contributed by atoms with Crippen LogP contribution in [-0.4, -0.2) is 13.4 Å². The smallest absolute Gasteiger partial charge is 0.245 e. The van der Waals surface area contributed by atoms with E-state index < -0.39 is 9.05 Å². The summed E-state index contributed by atoms with van der Waals surface area (Å²) in [5, 5.41) is 2.43. The monoisotopic (exact) mass is 259 g/mol. The van der Waals surface area contributed by atoms with Crippen LogP contribution in [0.3, 0.4) is 0 Å². The molecule has 0 spiro atoms. The van der Waals surface area contributed by atoms with Gasteiger partial charge in [0.05, 0.1) is 4.90 Å². The fourth-order valence-electron chi connectivity index (χ4n) is 1.21. The number of nitrogens with zero attached hydrogens (tertiary/aromatic N) is 1. The van der Waals surface area contributed by atoms with Gasteiger partial charge in [0, 0.05) is 27.8 Å². The van der Waals surface area contributed by atoms with Crippen LogP contribution < -0.4 is 0 Å². The second-order valence-electron chi connectivity index (χ2n) is 2.77. The Morgan fingerprint density at radius 2 is 2.00 bits per heavy atom. The van der Waals surface area contributed by atoms with Crippen LogP contribution in [0.15, 0.2) is 40.7 Å². The summed E-state index contributed by atoms with van der Waals surface area (Å²) in [6.07, 6.45) is 1.62. The average molecular weight is 260 g/mol. The third-order valence-electron chi connectivity index (χ3n) is 1.81. The van der Waals surface area contributed by atoms with Gasteiger partial charge in [-0.3, -0.25) is 0 Å². The molecule has 0 amide bonds. The molecule has 15 heavy (non-hydrogen) atoms. The van der Waals surface area contributed by atoms with E-state index in [1.54, 1.807) is 29.8 Å². The summed E-state index contributed by atoms with van der Waals surface area (Å²) >= 11 is 1.37. The lowest BCUT2D eigenvalue weighted by Gasteiger charge is -2.02. The van der Waals surface area contributed by atoms with E-state index in [9.17, 15) is 8.42 Å². The Morgan fingerprint density at radius 3 is 2.60 bits per heavy atom. The van der Waals surface area contributed by atoms with Gasteiger partial charge in [0.25, 0.3) is 9.05 Å². The standard InChI is InChI=1S/C9H6ClNO2S2/c10-15(12,13)8-4-2-1-3-7(8)9-11-5-6-14-9/h1-6H. The minimum Gasteiger partial charge on any atom is -0.245 e. The number of aromatic nitrogens is 1. The molecule has 0 fully saturated rings. The van der Waals surface area contributed by atoms with E-state index in [-0.39, 0.29) is 4.90 Å². The lowest BCUT2D eigenvalue weighted by molar-refractivity contribution is 0.610. The number of benzene rings is 1. The summed E-state index contributed by atoms with van der Waals surface area (Å²) in [6, 6.07) is 6.54. The molecular weight excluding hydrogens is 254 g/mol. The lowest BCUT2D eigenvalue weighted by Crippen LogP contribution is -1.93. The van der Waals surface area contributed by atoms with Gasteiger partial charge in [-0.05, 0) is 6.07 Å². The lowest BCUT2D eigenvalue weighted by atomic mass is 10.2. The Balaban J connectivity index is 2.68. The first-order valence-electron chi connectivity index (χ1n) is 4.02. The number of hydrogen-bond donors (Lipinski definition) is 0. The SMILES string of the molecule is O=S(=O)(Cl)c1ccccc1-c1nccs1. The van der Waals surface area contributed by atoms with Crippen molar-refractivity contribution in [2.45, 2.75) is 4.90 Å². The van der Waals surface area contributed by atoms with E-state index in [1.165, 1.54) is 17.4 Å². The van der Waals surface area contributed by atoms with Gasteiger partial charge in [-0.1, -0.05) is 18.2 Å². The molecule has 78 valence electrons. The molecule has 0 aliphatic rings. The maximum absolute atomic E-state index is 11.3. The van der Waals surface area contributed by atoms with Gasteiger partial charge in [0.15, 0.2) is 0 Å². The fraction of sp³-hybridized carbons (Fsp3) is 0. The van der Waals surface area contributed by atoms with E-state index in [2.05, 4.69) is 4.98 Å². The molecule has 2 rings (SSSR count). The first-order chi connectivity index (χ1) is 7.09. The van der Waals surface area contributed by atoms with Crippen molar-refractivity contribution in [3.05, 3.63) is 35.8 Å². The van der Waals surface area contributed by atoms with Gasteiger partial charge in [-0.2, -0.15) is 0 Å². The second kappa shape index (κ2) is 3.92. The molecule has 1 aromatic heterocycles. The maximum atomic E-state index is 11.3. The molecule has 0 saturated carbocycles. The summed E-state index contributed by atoms with van der Waals surface area (Å²) in [7, 11) is 1.61. The Hall–Kier alpha value is -0.910. The number of thiazole rings is 1. The summed E-state index contributed by atoms with van der Waals surface area (Å²) in [6.45, 7) is 0. The van der Waals surface area contributed by atoms with Gasteiger partial charge < -0.3 is 0 Å². The molecule has 3 nitrogen and oxygen atoms in total. The van der Waals surface area contributed by atoms with Crippen molar-refractivity contribution < 1.29 is 8.42 Å². The minimum absolute atomic E-state index is 0.0987. The van der Waals surface area contributed by atoms with Crippen LogP contribution in [0.4, 0.5) is 0 Å². The van der Waals surface area contributed by atoms with Gasteiger partial charge >= 0.3 is 0 Å². The predicted molar refractivity (Wildman–Crippen MR) is 60.6 cm³/mol. The van der Waals surface area contributed by atoms with Crippen molar-refractivity contribution >= 4 is 31.1 Å². The molecule has 6 heteroatoms. The number of halogens is 1. The van der Waals surface area contributed by atoms with Crippen molar-refractivity contribution in [1.29, 1.82) is 0 Å². The largest absolute Gasteiger partial charge is 0.262 e. The van der Waals surface area contributed by atoms with Crippen LogP contribution in [0.5, 0.6) is 0 Å². The predicted octanol–water partition coefficient (Wildman–Crippen LogP) is 2.74. The molecule has 0 unspecified atom stereocenters. The summed E-state index contributed by atoms with van der Waals surface area (Å²) in [5.41, 5.74) is 0.544. The zero-order valence-electron chi connectivity index (χ0n) is 7.42. The highest BCUT2D eigenvalue weighted by molar-refractivity contribution is 8.13. The molecule has 0 aliphatic heterocycles. The molecule has 0 aliphatic carbocycles. The van der Waals surface area contributed by atoms with Crippen molar-refractivity contribution in [3.8, 4) is 10.6 Å². The van der Waals surface area contributed by atoms with Crippen molar-refractivity contribution in [3.63, 3.8) is 0 Å². The van der Waals surface area contributed by atoms with Crippen LogP contribution in [0.2, 0.25) is 0 Å². The van der Waals surface area contributed by atoms with Crippen LogP contribution >= 0.6 is 22.0 Å². The van der Waals surface area contributed by atoms with Crippen LogP contribution in [0.1, 0.15) is 0 Å². The van der Waals surface area contributed by atoms with Gasteiger partial charge in [-0.15, -0.1) is 11.3 Å². The molecule has 0 saturated heterocycles. The zero-order chi connectivity index (χ0) is 10.9. The fourth-order valence-corrected chi connectivity index (χ4v) is 3.03. The van der Waals surface area contributed by atoms with Crippen molar-refractivity contribution in [2.75, 3.05) is 0 Å². The molecule has 0 N–H and O–H groups in total. The van der Waals surface area contributed by atoms with E-state index >= 15 is 0 Å². The molecule has 0 atom stereocenters. The highest BCUT2D eigenvalue weighted by Crippen LogP contribution is 2.30. The van der Waals surface area contributed by atoms with Crippen molar-refractivity contribution in [1.82, 2.24) is 4.98 Å². The summed E-state index contributed by atoms with van der Waals surface area (Å²) in [5.74, 6) is 0. The third kappa shape index (κ3) is 2.19. The van der Waals surface area contributed by atoms with Crippen LogP contribution in [0, 0.1) is 0 Å². The first kappa shape index (κ1) is 10.6. The quantitative estimate of drug-likeness (QED) is 0.779. The van der Waals surface area contributed by atoms with E-state index in [4.69, 9.17) is 10.7 Å². The molecule has 1 heterocycles. The second-order valence-corrected chi connectivity index (χ2v) is 6.20. The number of hydrogen-bond acceptors (Lipinski definition) is 4. The molecule has 0 bridgehead atoms. The Bertz CT molecular complexity index is 564. The molecule has 0 radical (unpaired) electrons. The van der Waals surface area contributed by atoms with Gasteiger partial charge in [-0.25, -0.2) is 13.4 Å². The molecule has 1 aromatic carbocycles. The Morgan fingerprint density at radius 1 is 1.27 bits per heavy atom. The average Bonchev–Trinajstić information content (AvgIpc) is 2.69. The van der Waals surface area contributed by atoms with E-state index in [1.807, 2.05) is 0 Å². The zero-order valence-corrected chi connectivity index (χ0v) is 9.81. The third-order valence-corrected chi connectivity index (χ3v) is 4.00. The Labute approximate surface area is 95.8 Å². The van der Waals surface area contributed by atoms with Gasteiger partial charge in [0.1, 0.15) is 5.01 Å². The first-order valence-corrected chi connectivity index (χ1v) is 7.21. The van der Waals surface area contributed by atoms with Crippen LogP contribution in [-0.2, 0) is 9.05 Å². The summed E-state index contributed by atoms with van der Waals surface area (Å²) in [4.78, 5) is 4.15. The van der Waals surface area contributed by atoms with Crippen molar-refractivity contribution in [2.24, 2.45) is 0 Å². The van der Waals surface area contributed by atoms with Gasteiger partial charge in [0.2, 0.25) is 0 Å². The van der Waals surface area contributed by atoms with E-state index in [0.29, 0.717) is 10.6 Å². The minimum atomic E-state index is -3.72. The topological polar surface area (TPSA) is 47.0 Å². The van der Waals surface area contributed by atoms with E-state index in [0.717, 1.165) is 0 Å². The van der Waals surface area contributed by atoms with Crippen LogP contribution in [0.25, 0.3) is 10.6 Å². The summed E-state index contributed by atoms with van der Waals surface area (Å²) < 4.78 is 22.6. The highest BCUT2D eigenvalue weighted by atomic mass is 35.7. The maximum Gasteiger partial charge on any atom is 0.262 e. The Kier molecular flexibility index (Phi) is 2.77. The molecular formula is C9H6ClNO2S2. The number of rotatable bonds is 2.